The molecule has 1 aromatic heterocycles. The molecule has 0 spiro atoms. The van der Waals surface area contributed by atoms with Crippen LogP contribution in [-0.4, -0.2) is 70.8 Å². The van der Waals surface area contributed by atoms with Crippen LogP contribution in [0.4, 0.5) is 5.69 Å². The standard InChI is InChI=1S/C29H39N5O2.2ClH/c1-5-10-27-31-28(23(4)34(27)24-12-7-6-8-13-24)29(36)30-19-25(35)20-32-15-17-33(18-16-32)26-14-9-11-21(2)22(26)3;;/h6-9,11-14,25,35H,5,10,15-20H2,1-4H3,(H,30,36);2*1H. The molecule has 1 unspecified atom stereocenters. The molecule has 7 nitrogen and oxygen atoms in total. The van der Waals surface area contributed by atoms with Crippen LogP contribution in [0.1, 0.15) is 46.5 Å². The third-order valence-electron chi connectivity index (χ3n) is 7.14. The number of aliphatic hydroxyl groups is 1. The summed E-state index contributed by atoms with van der Waals surface area (Å²) in [4.78, 5) is 22.4. The van der Waals surface area contributed by atoms with Crippen LogP contribution in [0.15, 0.2) is 48.5 Å². The van der Waals surface area contributed by atoms with E-state index < -0.39 is 6.10 Å². The van der Waals surface area contributed by atoms with E-state index in [1.54, 1.807) is 0 Å². The molecule has 4 rings (SSSR count). The van der Waals surface area contributed by atoms with Crippen LogP contribution >= 0.6 is 24.8 Å². The molecule has 3 aromatic rings. The fourth-order valence-electron chi connectivity index (χ4n) is 4.99. The quantitative estimate of drug-likeness (QED) is 0.402. The first-order valence-corrected chi connectivity index (χ1v) is 13.0. The third kappa shape index (κ3) is 7.29. The SMILES string of the molecule is CCCc1nc(C(=O)NCC(O)CN2CCN(c3cccc(C)c3C)CC2)c(C)n1-c1ccccc1.Cl.Cl. The molecule has 1 atom stereocenters. The number of nitrogens with one attached hydrogen (secondary N) is 1. The number of hydrogen-bond donors (Lipinski definition) is 2. The van der Waals surface area contributed by atoms with Gasteiger partial charge in [0.25, 0.3) is 5.91 Å². The Morgan fingerprint density at radius 2 is 1.68 bits per heavy atom. The predicted octanol–water partition coefficient (Wildman–Crippen LogP) is 4.51. The summed E-state index contributed by atoms with van der Waals surface area (Å²) in [7, 11) is 0. The van der Waals surface area contributed by atoms with E-state index in [0.717, 1.165) is 56.2 Å². The number of hydrogen-bond acceptors (Lipinski definition) is 5. The van der Waals surface area contributed by atoms with Crippen molar-refractivity contribution >= 4 is 36.4 Å². The van der Waals surface area contributed by atoms with Crippen molar-refractivity contribution in [2.24, 2.45) is 0 Å². The number of rotatable bonds is 9. The number of carbonyl (C=O) groups excluding carboxylic acids is 1. The number of benzene rings is 2. The Morgan fingerprint density at radius 3 is 2.34 bits per heavy atom. The predicted molar refractivity (Wildman–Crippen MR) is 160 cm³/mol. The van der Waals surface area contributed by atoms with Gasteiger partial charge < -0.3 is 19.9 Å². The van der Waals surface area contributed by atoms with Gasteiger partial charge in [-0.1, -0.05) is 37.3 Å². The number of anilines is 1. The Morgan fingerprint density at radius 1 is 1.00 bits per heavy atom. The zero-order valence-electron chi connectivity index (χ0n) is 22.8. The fraction of sp³-hybridized carbons (Fsp3) is 0.448. The largest absolute Gasteiger partial charge is 0.390 e. The van der Waals surface area contributed by atoms with Crippen molar-refractivity contribution in [2.75, 3.05) is 44.2 Å². The molecule has 0 radical (unpaired) electrons. The lowest BCUT2D eigenvalue weighted by molar-refractivity contribution is 0.0847. The first kappa shape index (κ1) is 31.6. The minimum atomic E-state index is -0.632. The normalized spacial score (nSPS) is 14.4. The van der Waals surface area contributed by atoms with Crippen LogP contribution in [0.3, 0.4) is 0 Å². The van der Waals surface area contributed by atoms with Crippen molar-refractivity contribution in [2.45, 2.75) is 46.6 Å². The Labute approximate surface area is 239 Å². The highest BCUT2D eigenvalue weighted by Crippen LogP contribution is 2.24. The molecule has 1 amide bonds. The van der Waals surface area contributed by atoms with Gasteiger partial charge in [-0.15, -0.1) is 24.8 Å². The van der Waals surface area contributed by atoms with Crippen LogP contribution in [0.5, 0.6) is 0 Å². The molecule has 1 aliphatic rings. The molecular formula is C29H41Cl2N5O2. The second-order valence-electron chi connectivity index (χ2n) is 9.75. The Bertz CT molecular complexity index is 1180. The smallest absolute Gasteiger partial charge is 0.271 e. The van der Waals surface area contributed by atoms with Gasteiger partial charge in [-0.2, -0.15) is 0 Å². The summed E-state index contributed by atoms with van der Waals surface area (Å²) < 4.78 is 2.06. The fourth-order valence-corrected chi connectivity index (χ4v) is 4.99. The number of β-amino-alcohol motifs (C(OH)–C–C–N with tert-alkyl or cyclic N) is 1. The van der Waals surface area contributed by atoms with E-state index in [1.807, 2.05) is 37.3 Å². The highest BCUT2D eigenvalue weighted by atomic mass is 35.5. The first-order chi connectivity index (χ1) is 17.4. The number of aromatic nitrogens is 2. The number of halogens is 2. The van der Waals surface area contributed by atoms with Gasteiger partial charge in [0.15, 0.2) is 0 Å². The average Bonchev–Trinajstić information content (AvgIpc) is 3.21. The molecule has 2 heterocycles. The lowest BCUT2D eigenvalue weighted by Crippen LogP contribution is -2.50. The van der Waals surface area contributed by atoms with Gasteiger partial charge in [0, 0.05) is 57.1 Å². The van der Waals surface area contributed by atoms with Crippen molar-refractivity contribution in [3.05, 3.63) is 76.9 Å². The van der Waals surface area contributed by atoms with Gasteiger partial charge >= 0.3 is 0 Å². The van der Waals surface area contributed by atoms with Crippen molar-refractivity contribution < 1.29 is 9.90 Å². The summed E-state index contributed by atoms with van der Waals surface area (Å²) in [5.74, 6) is 0.645. The number of carbonyl (C=O) groups is 1. The third-order valence-corrected chi connectivity index (χ3v) is 7.14. The second-order valence-corrected chi connectivity index (χ2v) is 9.75. The minimum absolute atomic E-state index is 0. The monoisotopic (exact) mass is 561 g/mol. The summed E-state index contributed by atoms with van der Waals surface area (Å²) in [6.45, 7) is 12.8. The number of para-hydroxylation sites is 1. The number of aryl methyl sites for hydroxylation is 2. The van der Waals surface area contributed by atoms with Crippen molar-refractivity contribution in [1.82, 2.24) is 19.8 Å². The molecule has 0 saturated carbocycles. The Kier molecular flexibility index (Phi) is 12.1. The zero-order chi connectivity index (χ0) is 25.7. The highest BCUT2D eigenvalue weighted by molar-refractivity contribution is 5.93. The number of nitrogens with zero attached hydrogens (tertiary/aromatic N) is 4. The molecule has 0 bridgehead atoms. The maximum atomic E-state index is 13.0. The topological polar surface area (TPSA) is 73.6 Å². The lowest BCUT2D eigenvalue weighted by Gasteiger charge is -2.37. The van der Waals surface area contributed by atoms with E-state index in [4.69, 9.17) is 0 Å². The molecular weight excluding hydrogens is 521 g/mol. The van der Waals surface area contributed by atoms with Crippen molar-refractivity contribution in [1.29, 1.82) is 0 Å². The van der Waals surface area contributed by atoms with Gasteiger partial charge in [0.05, 0.1) is 11.8 Å². The maximum absolute atomic E-state index is 13.0. The summed E-state index contributed by atoms with van der Waals surface area (Å²) >= 11 is 0. The van der Waals surface area contributed by atoms with Crippen molar-refractivity contribution in [3.63, 3.8) is 0 Å². The second kappa shape index (κ2) is 14.5. The average molecular weight is 563 g/mol. The highest BCUT2D eigenvalue weighted by Gasteiger charge is 2.23. The molecule has 208 valence electrons. The number of aliphatic hydroxyl groups excluding tert-OH is 1. The first-order valence-electron chi connectivity index (χ1n) is 13.0. The van der Waals surface area contributed by atoms with Crippen molar-refractivity contribution in [3.8, 4) is 5.69 Å². The number of piperazine rings is 1. The van der Waals surface area contributed by atoms with E-state index in [0.29, 0.717) is 12.2 Å². The van der Waals surface area contributed by atoms with E-state index in [1.165, 1.54) is 16.8 Å². The van der Waals surface area contributed by atoms with Crippen LogP contribution in [0, 0.1) is 20.8 Å². The molecule has 1 saturated heterocycles. The molecule has 38 heavy (non-hydrogen) atoms. The number of imidazole rings is 1. The van der Waals surface area contributed by atoms with Crippen LogP contribution < -0.4 is 10.2 Å². The molecule has 1 aliphatic heterocycles. The molecule has 9 heteroatoms. The van der Waals surface area contributed by atoms with Gasteiger partial charge in [-0.25, -0.2) is 4.98 Å². The molecule has 2 aromatic carbocycles. The summed E-state index contributed by atoms with van der Waals surface area (Å²) in [5.41, 5.74) is 6.20. The molecule has 0 aliphatic carbocycles. The van der Waals surface area contributed by atoms with Gasteiger partial charge in [-0.3, -0.25) is 9.69 Å². The Hall–Kier alpha value is -2.58. The summed E-state index contributed by atoms with van der Waals surface area (Å²) in [5, 5.41) is 13.6. The molecule has 1 fully saturated rings. The van der Waals surface area contributed by atoms with Crippen LogP contribution in [0.2, 0.25) is 0 Å². The van der Waals surface area contributed by atoms with E-state index in [2.05, 4.69) is 63.6 Å². The lowest BCUT2D eigenvalue weighted by atomic mass is 10.1. The van der Waals surface area contributed by atoms with E-state index in [9.17, 15) is 9.90 Å². The minimum Gasteiger partial charge on any atom is -0.390 e. The van der Waals surface area contributed by atoms with Gasteiger partial charge in [-0.05, 0) is 56.5 Å². The summed E-state index contributed by atoms with van der Waals surface area (Å²) in [6, 6.07) is 16.5. The van der Waals surface area contributed by atoms with E-state index in [-0.39, 0.29) is 37.3 Å². The maximum Gasteiger partial charge on any atom is 0.271 e. The van der Waals surface area contributed by atoms with Gasteiger partial charge in [0.1, 0.15) is 11.5 Å². The van der Waals surface area contributed by atoms with E-state index >= 15 is 0 Å². The molecule has 2 N–H and O–H groups in total. The zero-order valence-corrected chi connectivity index (χ0v) is 24.4. The summed E-state index contributed by atoms with van der Waals surface area (Å²) in [6.07, 6.45) is 1.10. The van der Waals surface area contributed by atoms with Crippen LogP contribution in [-0.2, 0) is 6.42 Å². The Balaban J connectivity index is 0.00000253. The number of amides is 1. The van der Waals surface area contributed by atoms with Crippen LogP contribution in [0.25, 0.3) is 5.69 Å². The van der Waals surface area contributed by atoms with Gasteiger partial charge in [0.2, 0.25) is 0 Å².